The fourth-order valence-electron chi connectivity index (χ4n) is 2.60. The maximum absolute atomic E-state index is 4.73. The van der Waals surface area contributed by atoms with Gasteiger partial charge in [0, 0.05) is 18.0 Å². The fourth-order valence-corrected chi connectivity index (χ4v) is 2.60. The van der Waals surface area contributed by atoms with Gasteiger partial charge in [-0.3, -0.25) is 4.98 Å². The second kappa shape index (κ2) is 8.01. The van der Waals surface area contributed by atoms with E-state index in [0.717, 1.165) is 17.8 Å². The van der Waals surface area contributed by atoms with Gasteiger partial charge in [0.1, 0.15) is 0 Å². The van der Waals surface area contributed by atoms with E-state index < -0.39 is 0 Å². The van der Waals surface area contributed by atoms with Gasteiger partial charge in [0.25, 0.3) is 0 Å². The largest absolute Gasteiger partial charge is 0.308 e. The quantitative estimate of drug-likeness (QED) is 0.753. The van der Waals surface area contributed by atoms with Crippen LogP contribution < -0.4 is 5.32 Å². The van der Waals surface area contributed by atoms with E-state index in [1.165, 1.54) is 37.5 Å². The molecule has 0 radical (unpaired) electrons. The first kappa shape index (κ1) is 15.0. The molecule has 1 N–H and O–H groups in total. The van der Waals surface area contributed by atoms with Crippen LogP contribution in [0.2, 0.25) is 0 Å². The number of hydrogen-bond donors (Lipinski definition) is 1. The van der Waals surface area contributed by atoms with Crippen molar-refractivity contribution >= 4 is 10.9 Å². The molecule has 0 amide bonds. The molecule has 2 rings (SSSR count). The molecule has 2 nitrogen and oxygen atoms in total. The van der Waals surface area contributed by atoms with E-state index in [2.05, 4.69) is 49.5 Å². The summed E-state index contributed by atoms with van der Waals surface area (Å²) in [5.41, 5.74) is 2.23. The monoisotopic (exact) mass is 270 g/mol. The van der Waals surface area contributed by atoms with Crippen LogP contribution in [0.25, 0.3) is 10.9 Å². The molecule has 0 aliphatic heterocycles. The van der Waals surface area contributed by atoms with E-state index in [-0.39, 0.29) is 0 Å². The lowest BCUT2D eigenvalue weighted by Crippen LogP contribution is -2.28. The normalized spacial score (nSPS) is 12.7. The Labute approximate surface area is 122 Å². The highest BCUT2D eigenvalue weighted by Crippen LogP contribution is 2.13. The second-order valence-electron chi connectivity index (χ2n) is 5.50. The number of aromatic nitrogens is 1. The molecule has 1 unspecified atom stereocenters. The highest BCUT2D eigenvalue weighted by Gasteiger charge is 2.07. The van der Waals surface area contributed by atoms with Gasteiger partial charge < -0.3 is 5.32 Å². The standard InChI is InChI=1S/C18H26N2/c1-3-5-10-16(8-4-2)19-14-17-13-12-15-9-6-7-11-18(15)20-17/h6-7,9,11-13,16,19H,3-5,8,10,14H2,1-2H3. The molecule has 0 fully saturated rings. The van der Waals surface area contributed by atoms with Gasteiger partial charge in [0.05, 0.1) is 11.2 Å². The minimum atomic E-state index is 0.633. The van der Waals surface area contributed by atoms with E-state index in [4.69, 9.17) is 4.98 Å². The van der Waals surface area contributed by atoms with Crippen molar-refractivity contribution in [3.05, 3.63) is 42.1 Å². The van der Waals surface area contributed by atoms with Crippen molar-refractivity contribution < 1.29 is 0 Å². The van der Waals surface area contributed by atoms with Gasteiger partial charge in [-0.2, -0.15) is 0 Å². The molecule has 0 spiro atoms. The van der Waals surface area contributed by atoms with Crippen LogP contribution in [0.1, 0.15) is 51.6 Å². The van der Waals surface area contributed by atoms with Crippen LogP contribution in [-0.4, -0.2) is 11.0 Å². The van der Waals surface area contributed by atoms with Gasteiger partial charge in [-0.25, -0.2) is 0 Å². The summed E-state index contributed by atoms with van der Waals surface area (Å²) in [5, 5.41) is 4.89. The molecule has 1 heterocycles. The summed E-state index contributed by atoms with van der Waals surface area (Å²) >= 11 is 0. The molecule has 1 aromatic carbocycles. The number of unbranched alkanes of at least 4 members (excludes halogenated alkanes) is 1. The average molecular weight is 270 g/mol. The van der Waals surface area contributed by atoms with Crippen LogP contribution in [0.4, 0.5) is 0 Å². The van der Waals surface area contributed by atoms with Crippen molar-refractivity contribution in [2.45, 2.75) is 58.5 Å². The molecule has 0 saturated heterocycles. The van der Waals surface area contributed by atoms with Crippen LogP contribution in [0.3, 0.4) is 0 Å². The molecular weight excluding hydrogens is 244 g/mol. The SMILES string of the molecule is CCCCC(CCC)NCc1ccc2ccccc2n1. The number of nitrogens with zero attached hydrogens (tertiary/aromatic N) is 1. The molecule has 2 heteroatoms. The van der Waals surface area contributed by atoms with E-state index >= 15 is 0 Å². The lowest BCUT2D eigenvalue weighted by molar-refractivity contribution is 0.432. The Balaban J connectivity index is 1.96. The Hall–Kier alpha value is -1.41. The molecule has 0 bridgehead atoms. The summed E-state index contributed by atoms with van der Waals surface area (Å²) in [6, 6.07) is 13.2. The fraction of sp³-hybridized carbons (Fsp3) is 0.500. The summed E-state index contributed by atoms with van der Waals surface area (Å²) in [6.07, 6.45) is 6.36. The third-order valence-corrected chi connectivity index (χ3v) is 3.77. The zero-order valence-electron chi connectivity index (χ0n) is 12.7. The van der Waals surface area contributed by atoms with Gasteiger partial charge in [0.15, 0.2) is 0 Å². The predicted molar refractivity (Wildman–Crippen MR) is 86.8 cm³/mol. The molecule has 20 heavy (non-hydrogen) atoms. The summed E-state index contributed by atoms with van der Waals surface area (Å²) < 4.78 is 0. The zero-order chi connectivity index (χ0) is 14.2. The molecule has 0 saturated carbocycles. The van der Waals surface area contributed by atoms with Crippen molar-refractivity contribution in [1.29, 1.82) is 0 Å². The Morgan fingerprint density at radius 1 is 1.00 bits per heavy atom. The number of rotatable bonds is 8. The van der Waals surface area contributed by atoms with Gasteiger partial charge in [-0.05, 0) is 25.0 Å². The Morgan fingerprint density at radius 2 is 1.85 bits per heavy atom. The van der Waals surface area contributed by atoms with E-state index in [1.54, 1.807) is 0 Å². The second-order valence-corrected chi connectivity index (χ2v) is 5.50. The molecule has 2 aromatic rings. The number of nitrogens with one attached hydrogen (secondary N) is 1. The van der Waals surface area contributed by atoms with Gasteiger partial charge in [-0.1, -0.05) is 57.4 Å². The Kier molecular flexibility index (Phi) is 6.00. The third kappa shape index (κ3) is 4.31. The number of fused-ring (bicyclic) bond motifs is 1. The number of hydrogen-bond acceptors (Lipinski definition) is 2. The van der Waals surface area contributed by atoms with Crippen molar-refractivity contribution in [2.75, 3.05) is 0 Å². The van der Waals surface area contributed by atoms with E-state index in [0.29, 0.717) is 6.04 Å². The summed E-state index contributed by atoms with van der Waals surface area (Å²) in [6.45, 7) is 5.39. The molecule has 108 valence electrons. The Bertz CT molecular complexity index is 522. The minimum Gasteiger partial charge on any atom is -0.308 e. The summed E-state index contributed by atoms with van der Waals surface area (Å²) in [4.78, 5) is 4.73. The van der Waals surface area contributed by atoms with Gasteiger partial charge in [-0.15, -0.1) is 0 Å². The smallest absolute Gasteiger partial charge is 0.0705 e. The Morgan fingerprint density at radius 3 is 2.65 bits per heavy atom. The van der Waals surface area contributed by atoms with Gasteiger partial charge >= 0.3 is 0 Å². The molecular formula is C18H26N2. The first-order chi connectivity index (χ1) is 9.83. The lowest BCUT2D eigenvalue weighted by Gasteiger charge is -2.17. The molecule has 1 atom stereocenters. The summed E-state index contributed by atoms with van der Waals surface area (Å²) in [5.74, 6) is 0. The minimum absolute atomic E-state index is 0.633. The molecule has 0 aliphatic carbocycles. The predicted octanol–water partition coefficient (Wildman–Crippen LogP) is 4.68. The van der Waals surface area contributed by atoms with Crippen LogP contribution in [0.15, 0.2) is 36.4 Å². The molecule has 0 aliphatic rings. The van der Waals surface area contributed by atoms with Crippen molar-refractivity contribution in [2.24, 2.45) is 0 Å². The first-order valence-corrected chi connectivity index (χ1v) is 7.91. The third-order valence-electron chi connectivity index (χ3n) is 3.77. The van der Waals surface area contributed by atoms with Gasteiger partial charge in [0.2, 0.25) is 0 Å². The first-order valence-electron chi connectivity index (χ1n) is 7.91. The zero-order valence-corrected chi connectivity index (χ0v) is 12.7. The van der Waals surface area contributed by atoms with Crippen LogP contribution >= 0.6 is 0 Å². The van der Waals surface area contributed by atoms with Crippen molar-refractivity contribution in [1.82, 2.24) is 10.3 Å². The maximum atomic E-state index is 4.73. The van der Waals surface area contributed by atoms with Crippen molar-refractivity contribution in [3.63, 3.8) is 0 Å². The molecule has 1 aromatic heterocycles. The number of para-hydroxylation sites is 1. The van der Waals surface area contributed by atoms with Crippen LogP contribution in [0.5, 0.6) is 0 Å². The van der Waals surface area contributed by atoms with Crippen LogP contribution in [-0.2, 0) is 6.54 Å². The van der Waals surface area contributed by atoms with E-state index in [9.17, 15) is 0 Å². The van der Waals surface area contributed by atoms with E-state index in [1.807, 2.05) is 6.07 Å². The lowest BCUT2D eigenvalue weighted by atomic mass is 10.1. The van der Waals surface area contributed by atoms with Crippen LogP contribution in [0, 0.1) is 0 Å². The average Bonchev–Trinajstić information content (AvgIpc) is 2.50. The maximum Gasteiger partial charge on any atom is 0.0705 e. The number of pyridine rings is 1. The van der Waals surface area contributed by atoms with Crippen molar-refractivity contribution in [3.8, 4) is 0 Å². The topological polar surface area (TPSA) is 24.9 Å². The summed E-state index contributed by atoms with van der Waals surface area (Å²) in [7, 11) is 0. The highest BCUT2D eigenvalue weighted by atomic mass is 14.9. The highest BCUT2D eigenvalue weighted by molar-refractivity contribution is 5.78. The number of benzene rings is 1.